The highest BCUT2D eigenvalue weighted by molar-refractivity contribution is 9.10. The predicted molar refractivity (Wildman–Crippen MR) is 62.1 cm³/mol. The van der Waals surface area contributed by atoms with E-state index in [1.54, 1.807) is 6.07 Å². The minimum absolute atomic E-state index is 0.0664. The van der Waals surface area contributed by atoms with Crippen molar-refractivity contribution in [2.75, 3.05) is 7.11 Å². The van der Waals surface area contributed by atoms with Gasteiger partial charge in [0.1, 0.15) is 6.07 Å². The van der Waals surface area contributed by atoms with Crippen molar-refractivity contribution in [3.8, 4) is 6.07 Å². The molecule has 18 heavy (non-hydrogen) atoms. The van der Waals surface area contributed by atoms with Gasteiger partial charge in [0, 0.05) is 9.37 Å². The van der Waals surface area contributed by atoms with Crippen LogP contribution in [0.25, 0.3) is 0 Å². The van der Waals surface area contributed by atoms with E-state index in [0.29, 0.717) is 0 Å². The lowest BCUT2D eigenvalue weighted by atomic mass is 10.1. The quantitative estimate of drug-likeness (QED) is 0.608. The fraction of sp³-hybridized carbons (Fsp3) is 0.200. The summed E-state index contributed by atoms with van der Waals surface area (Å²) in [6.07, 6.45) is 0. The molecule has 1 aromatic rings. The van der Waals surface area contributed by atoms with Gasteiger partial charge in [-0.3, -0.25) is 0 Å². The summed E-state index contributed by atoms with van der Waals surface area (Å²) in [5.74, 6) is -0.782. The van der Waals surface area contributed by atoms with E-state index in [1.165, 1.54) is 6.07 Å². The van der Waals surface area contributed by atoms with Gasteiger partial charge in [0.2, 0.25) is 0 Å². The Morgan fingerprint density at radius 2 is 2.11 bits per heavy atom. The Morgan fingerprint density at radius 3 is 2.56 bits per heavy atom. The Hall–Kier alpha value is -1.20. The van der Waals surface area contributed by atoms with Crippen LogP contribution in [0, 0.1) is 11.3 Å². The highest BCUT2D eigenvalue weighted by atomic mass is 79.9. The molecule has 8 heteroatoms. The van der Waals surface area contributed by atoms with Gasteiger partial charge in [-0.15, -0.1) is 0 Å². The molecule has 0 aliphatic heterocycles. The molecule has 0 spiro atoms. The topological polar surface area (TPSA) is 50.1 Å². The summed E-state index contributed by atoms with van der Waals surface area (Å²) in [6, 6.07) is 4.02. The summed E-state index contributed by atoms with van der Waals surface area (Å²) >= 11 is 2.44. The predicted octanol–water partition coefficient (Wildman–Crippen LogP) is 3.72. The zero-order valence-electron chi connectivity index (χ0n) is 8.84. The molecule has 1 rings (SSSR count). The number of thioether (sulfide) groups is 1. The zero-order chi connectivity index (χ0) is 13.9. The Morgan fingerprint density at radius 1 is 1.50 bits per heavy atom. The highest BCUT2D eigenvalue weighted by Gasteiger charge is 2.33. The van der Waals surface area contributed by atoms with E-state index in [4.69, 9.17) is 5.26 Å². The first kappa shape index (κ1) is 14.9. The van der Waals surface area contributed by atoms with Crippen LogP contribution in [0.3, 0.4) is 0 Å². The van der Waals surface area contributed by atoms with Crippen LogP contribution in [0.15, 0.2) is 21.5 Å². The fourth-order valence-electron chi connectivity index (χ4n) is 1.13. The summed E-state index contributed by atoms with van der Waals surface area (Å²) in [4.78, 5) is 11.0. The number of nitriles is 1. The number of ether oxygens (including phenoxy) is 1. The number of benzene rings is 1. The van der Waals surface area contributed by atoms with Gasteiger partial charge in [-0.1, -0.05) is 0 Å². The van der Waals surface area contributed by atoms with Gasteiger partial charge in [0.05, 0.1) is 18.2 Å². The van der Waals surface area contributed by atoms with Crippen LogP contribution in [0.2, 0.25) is 0 Å². The molecular formula is C10H5BrF3NO2S. The summed E-state index contributed by atoms with van der Waals surface area (Å²) in [7, 11) is 1.11. The Bertz CT molecular complexity index is 525. The van der Waals surface area contributed by atoms with Gasteiger partial charge < -0.3 is 4.74 Å². The minimum Gasteiger partial charge on any atom is -0.465 e. The normalized spacial score (nSPS) is 10.9. The lowest BCUT2D eigenvalue weighted by Crippen LogP contribution is -2.06. The molecule has 0 radical (unpaired) electrons. The first-order valence-corrected chi connectivity index (χ1v) is 5.97. The fourth-order valence-corrected chi connectivity index (χ4v) is 2.53. The lowest BCUT2D eigenvalue weighted by molar-refractivity contribution is -0.0328. The summed E-state index contributed by atoms with van der Waals surface area (Å²) in [5, 5.41) is 8.76. The number of halogens is 4. The van der Waals surface area contributed by atoms with Crippen LogP contribution in [-0.2, 0) is 4.74 Å². The van der Waals surface area contributed by atoms with E-state index in [2.05, 4.69) is 20.7 Å². The molecule has 0 aliphatic rings. The number of rotatable bonds is 2. The van der Waals surface area contributed by atoms with E-state index >= 15 is 0 Å². The standard InChI is InChI=1S/C10H5BrF3NO2S/c1-17-9(16)6-3-2-5(4-15)8(7(6)11)18-10(12,13)14/h2-3H,1H3. The highest BCUT2D eigenvalue weighted by Crippen LogP contribution is 2.43. The first-order chi connectivity index (χ1) is 8.30. The molecule has 0 saturated heterocycles. The third-order valence-electron chi connectivity index (χ3n) is 1.84. The number of hydrogen-bond donors (Lipinski definition) is 0. The number of nitrogens with zero attached hydrogens (tertiary/aromatic N) is 1. The first-order valence-electron chi connectivity index (χ1n) is 4.36. The van der Waals surface area contributed by atoms with Crippen molar-refractivity contribution in [2.24, 2.45) is 0 Å². The average molecular weight is 340 g/mol. The summed E-state index contributed by atoms with van der Waals surface area (Å²) < 4.78 is 41.4. The van der Waals surface area contributed by atoms with Crippen molar-refractivity contribution in [1.29, 1.82) is 5.26 Å². The van der Waals surface area contributed by atoms with Gasteiger partial charge in [-0.05, 0) is 39.8 Å². The SMILES string of the molecule is COC(=O)c1ccc(C#N)c(SC(F)(F)F)c1Br. The molecule has 0 saturated carbocycles. The average Bonchev–Trinajstić information content (AvgIpc) is 2.29. The number of alkyl halides is 3. The number of carbonyl (C=O) groups excluding carboxylic acids is 1. The van der Waals surface area contributed by atoms with Crippen LogP contribution < -0.4 is 0 Å². The van der Waals surface area contributed by atoms with Gasteiger partial charge in [0.15, 0.2) is 0 Å². The van der Waals surface area contributed by atoms with Crippen LogP contribution in [0.1, 0.15) is 15.9 Å². The Labute approximate surface area is 113 Å². The third kappa shape index (κ3) is 3.40. The molecule has 1 aromatic carbocycles. The maximum atomic E-state index is 12.4. The van der Waals surface area contributed by atoms with Crippen molar-refractivity contribution in [3.63, 3.8) is 0 Å². The Kier molecular flexibility index (Phi) is 4.65. The van der Waals surface area contributed by atoms with Crippen LogP contribution >= 0.6 is 27.7 Å². The van der Waals surface area contributed by atoms with Gasteiger partial charge in [-0.25, -0.2) is 4.79 Å². The van der Waals surface area contributed by atoms with Gasteiger partial charge >= 0.3 is 11.5 Å². The van der Waals surface area contributed by atoms with E-state index < -0.39 is 23.2 Å². The molecule has 0 aromatic heterocycles. The van der Waals surface area contributed by atoms with Crippen molar-refractivity contribution in [1.82, 2.24) is 0 Å². The maximum Gasteiger partial charge on any atom is 0.446 e. The summed E-state index contributed by atoms with van der Waals surface area (Å²) in [5.41, 5.74) is -4.79. The maximum absolute atomic E-state index is 12.4. The van der Waals surface area contributed by atoms with E-state index in [9.17, 15) is 18.0 Å². The molecule has 0 aliphatic carbocycles. The Balaban J connectivity index is 3.37. The van der Waals surface area contributed by atoms with Crippen molar-refractivity contribution in [2.45, 2.75) is 10.4 Å². The van der Waals surface area contributed by atoms with Crippen molar-refractivity contribution in [3.05, 3.63) is 27.7 Å². The monoisotopic (exact) mass is 339 g/mol. The second-order valence-corrected chi connectivity index (χ2v) is 4.82. The number of esters is 1. The molecule has 0 unspecified atom stereocenters. The minimum atomic E-state index is -4.55. The van der Waals surface area contributed by atoms with Crippen molar-refractivity contribution >= 4 is 33.7 Å². The molecule has 0 amide bonds. The lowest BCUT2D eigenvalue weighted by Gasteiger charge is -2.11. The summed E-state index contributed by atoms with van der Waals surface area (Å²) in [6.45, 7) is 0. The van der Waals surface area contributed by atoms with Crippen molar-refractivity contribution < 1.29 is 22.7 Å². The second kappa shape index (κ2) is 5.63. The zero-order valence-corrected chi connectivity index (χ0v) is 11.2. The molecular weight excluding hydrogens is 335 g/mol. The third-order valence-corrected chi connectivity index (χ3v) is 3.79. The molecule has 0 bridgehead atoms. The smallest absolute Gasteiger partial charge is 0.446 e. The molecule has 0 atom stereocenters. The molecule has 0 fully saturated rings. The van der Waals surface area contributed by atoms with Gasteiger partial charge in [-0.2, -0.15) is 18.4 Å². The van der Waals surface area contributed by atoms with Crippen LogP contribution in [-0.4, -0.2) is 18.6 Å². The number of hydrogen-bond acceptors (Lipinski definition) is 4. The van der Waals surface area contributed by atoms with Gasteiger partial charge in [0.25, 0.3) is 0 Å². The van der Waals surface area contributed by atoms with E-state index in [-0.39, 0.29) is 20.5 Å². The second-order valence-electron chi connectivity index (χ2n) is 2.95. The molecule has 96 valence electrons. The van der Waals surface area contributed by atoms with Crippen LogP contribution in [0.4, 0.5) is 13.2 Å². The van der Waals surface area contributed by atoms with E-state index in [0.717, 1.165) is 13.2 Å². The van der Waals surface area contributed by atoms with E-state index in [1.807, 2.05) is 0 Å². The molecule has 3 nitrogen and oxygen atoms in total. The van der Waals surface area contributed by atoms with Crippen LogP contribution in [0.5, 0.6) is 0 Å². The molecule has 0 N–H and O–H groups in total. The number of carbonyl (C=O) groups is 1. The number of methoxy groups -OCH3 is 1. The largest absolute Gasteiger partial charge is 0.465 e. The molecule has 0 heterocycles.